The number of aliphatic hydroxyl groups excluding tert-OH is 1. The van der Waals surface area contributed by atoms with Crippen molar-refractivity contribution in [3.8, 4) is 6.07 Å². The summed E-state index contributed by atoms with van der Waals surface area (Å²) >= 11 is 0. The second-order valence-electron chi connectivity index (χ2n) is 5.30. The van der Waals surface area contributed by atoms with E-state index in [1.165, 1.54) is 0 Å². The first-order valence-corrected chi connectivity index (χ1v) is 6.97. The summed E-state index contributed by atoms with van der Waals surface area (Å²) in [5.74, 6) is 1.32. The monoisotopic (exact) mass is 267 g/mol. The first-order valence-electron chi connectivity index (χ1n) is 6.97. The molecule has 1 aliphatic rings. The van der Waals surface area contributed by atoms with Crippen LogP contribution in [0.3, 0.4) is 0 Å². The van der Waals surface area contributed by atoms with Crippen LogP contribution >= 0.6 is 0 Å². The van der Waals surface area contributed by atoms with Crippen molar-refractivity contribution in [1.29, 1.82) is 5.26 Å². The molecule has 3 nitrogen and oxygen atoms in total. The highest BCUT2D eigenvalue weighted by molar-refractivity contribution is 5.46. The van der Waals surface area contributed by atoms with Crippen molar-refractivity contribution in [2.75, 3.05) is 0 Å². The van der Waals surface area contributed by atoms with E-state index in [0.717, 1.165) is 29.7 Å². The van der Waals surface area contributed by atoms with E-state index < -0.39 is 11.5 Å². The molecule has 2 unspecified atom stereocenters. The van der Waals surface area contributed by atoms with Crippen molar-refractivity contribution in [3.05, 3.63) is 59.0 Å². The Kier molecular flexibility index (Phi) is 3.11. The fourth-order valence-electron chi connectivity index (χ4n) is 3.08. The fourth-order valence-corrected chi connectivity index (χ4v) is 3.08. The summed E-state index contributed by atoms with van der Waals surface area (Å²) in [6, 6.07) is 13.9. The molecule has 102 valence electrons. The van der Waals surface area contributed by atoms with Crippen LogP contribution < -0.4 is 0 Å². The summed E-state index contributed by atoms with van der Waals surface area (Å²) in [6.07, 6.45) is 1.31. The first-order chi connectivity index (χ1) is 9.71. The minimum Gasteiger partial charge on any atom is -0.463 e. The van der Waals surface area contributed by atoms with E-state index in [1.54, 1.807) is 6.07 Å². The van der Waals surface area contributed by atoms with Crippen LogP contribution in [0.15, 0.2) is 40.8 Å². The second kappa shape index (κ2) is 4.81. The van der Waals surface area contributed by atoms with Crippen molar-refractivity contribution in [1.82, 2.24) is 0 Å². The van der Waals surface area contributed by atoms with Gasteiger partial charge in [0.15, 0.2) is 0 Å². The van der Waals surface area contributed by atoms with Crippen molar-refractivity contribution >= 4 is 0 Å². The quantitative estimate of drug-likeness (QED) is 0.928. The van der Waals surface area contributed by atoms with Gasteiger partial charge >= 0.3 is 0 Å². The Labute approximate surface area is 118 Å². The van der Waals surface area contributed by atoms with Crippen molar-refractivity contribution in [2.24, 2.45) is 0 Å². The molecular formula is C17H17NO2. The van der Waals surface area contributed by atoms with Gasteiger partial charge in [-0.25, -0.2) is 0 Å². The van der Waals surface area contributed by atoms with Gasteiger partial charge in [0.2, 0.25) is 0 Å². The molecule has 20 heavy (non-hydrogen) atoms. The molecule has 0 radical (unpaired) electrons. The van der Waals surface area contributed by atoms with Crippen molar-refractivity contribution in [3.63, 3.8) is 0 Å². The Balaban J connectivity index is 2.05. The van der Waals surface area contributed by atoms with Gasteiger partial charge in [-0.05, 0) is 36.1 Å². The molecule has 1 aromatic heterocycles. The van der Waals surface area contributed by atoms with Gasteiger partial charge in [0.1, 0.15) is 23.0 Å². The van der Waals surface area contributed by atoms with Gasteiger partial charge in [0.05, 0.1) is 6.07 Å². The number of benzene rings is 1. The van der Waals surface area contributed by atoms with E-state index in [4.69, 9.17) is 4.42 Å². The number of hydrogen-bond donors (Lipinski definition) is 1. The zero-order chi connectivity index (χ0) is 14.2. The van der Waals surface area contributed by atoms with Gasteiger partial charge in [-0.3, -0.25) is 0 Å². The van der Waals surface area contributed by atoms with Crippen LogP contribution in [0.4, 0.5) is 0 Å². The third-order valence-corrected chi connectivity index (χ3v) is 4.25. The van der Waals surface area contributed by atoms with E-state index in [-0.39, 0.29) is 0 Å². The molecule has 0 aliphatic heterocycles. The van der Waals surface area contributed by atoms with E-state index in [9.17, 15) is 10.4 Å². The molecule has 1 aromatic carbocycles. The average molecular weight is 267 g/mol. The standard InChI is InChI=1S/C17H17NO2/c1-2-13-7-8-15(20-13)16(19)17(11-18)10-9-12-5-3-4-6-14(12)17/h3-8,16,19H,2,9-10H2,1H3. The summed E-state index contributed by atoms with van der Waals surface area (Å²) in [4.78, 5) is 0. The molecule has 3 rings (SSSR count). The molecule has 1 heterocycles. The van der Waals surface area contributed by atoms with Crippen LogP contribution in [0.5, 0.6) is 0 Å². The van der Waals surface area contributed by atoms with Crippen molar-refractivity contribution < 1.29 is 9.52 Å². The summed E-state index contributed by atoms with van der Waals surface area (Å²) in [5.41, 5.74) is 1.19. The van der Waals surface area contributed by atoms with Gasteiger partial charge in [-0.15, -0.1) is 0 Å². The number of fused-ring (bicyclic) bond motifs is 1. The van der Waals surface area contributed by atoms with Gasteiger partial charge in [-0.1, -0.05) is 31.2 Å². The van der Waals surface area contributed by atoms with Crippen LogP contribution in [0, 0.1) is 11.3 Å². The maximum atomic E-state index is 10.7. The zero-order valence-corrected chi connectivity index (χ0v) is 11.5. The lowest BCUT2D eigenvalue weighted by atomic mass is 9.77. The molecule has 2 aromatic rings. The molecule has 0 saturated heterocycles. The highest BCUT2D eigenvalue weighted by Gasteiger charge is 2.47. The van der Waals surface area contributed by atoms with E-state index in [2.05, 4.69) is 6.07 Å². The summed E-state index contributed by atoms with van der Waals surface area (Å²) in [7, 11) is 0. The van der Waals surface area contributed by atoms with Crippen LogP contribution in [0.1, 0.15) is 42.1 Å². The molecular weight excluding hydrogens is 250 g/mol. The topological polar surface area (TPSA) is 57.2 Å². The number of nitrogens with zero attached hydrogens (tertiary/aromatic N) is 1. The number of nitriles is 1. The Morgan fingerprint density at radius 3 is 2.85 bits per heavy atom. The van der Waals surface area contributed by atoms with Crippen molar-refractivity contribution in [2.45, 2.75) is 37.7 Å². The summed E-state index contributed by atoms with van der Waals surface area (Å²) in [5, 5.41) is 20.4. The van der Waals surface area contributed by atoms with Gasteiger partial charge in [0, 0.05) is 6.42 Å². The molecule has 2 atom stereocenters. The molecule has 1 N–H and O–H groups in total. The van der Waals surface area contributed by atoms with E-state index in [1.807, 2.05) is 37.3 Å². The molecule has 0 bridgehead atoms. The van der Waals surface area contributed by atoms with Gasteiger partial charge in [0.25, 0.3) is 0 Å². The second-order valence-corrected chi connectivity index (χ2v) is 5.30. The Morgan fingerprint density at radius 2 is 2.15 bits per heavy atom. The molecule has 1 aliphatic carbocycles. The van der Waals surface area contributed by atoms with Crippen LogP contribution in [0.2, 0.25) is 0 Å². The zero-order valence-electron chi connectivity index (χ0n) is 11.5. The normalized spacial score (nSPS) is 22.2. The SMILES string of the molecule is CCc1ccc(C(O)C2(C#N)CCc3ccccc32)o1. The first kappa shape index (κ1) is 13.0. The lowest BCUT2D eigenvalue weighted by Gasteiger charge is -2.27. The number of hydrogen-bond acceptors (Lipinski definition) is 3. The molecule has 0 amide bonds. The average Bonchev–Trinajstić information content (AvgIpc) is 3.12. The van der Waals surface area contributed by atoms with Crippen LogP contribution in [0.25, 0.3) is 0 Å². The molecule has 0 spiro atoms. The summed E-state index contributed by atoms with van der Waals surface area (Å²) in [6.45, 7) is 2.00. The molecule has 0 fully saturated rings. The lowest BCUT2D eigenvalue weighted by molar-refractivity contribution is 0.0868. The Morgan fingerprint density at radius 1 is 1.35 bits per heavy atom. The van der Waals surface area contributed by atoms with E-state index in [0.29, 0.717) is 12.2 Å². The van der Waals surface area contributed by atoms with Crippen LogP contribution in [-0.2, 0) is 18.3 Å². The van der Waals surface area contributed by atoms with Gasteiger partial charge < -0.3 is 9.52 Å². The minimum absolute atomic E-state index is 0.486. The highest BCUT2D eigenvalue weighted by Crippen LogP contribution is 2.47. The maximum Gasteiger partial charge on any atom is 0.134 e. The van der Waals surface area contributed by atoms with Crippen LogP contribution in [-0.4, -0.2) is 5.11 Å². The minimum atomic E-state index is -0.920. The van der Waals surface area contributed by atoms with E-state index >= 15 is 0 Å². The number of rotatable bonds is 3. The number of aryl methyl sites for hydroxylation is 2. The Hall–Kier alpha value is -2.05. The third kappa shape index (κ3) is 1.76. The molecule has 0 saturated carbocycles. The maximum absolute atomic E-state index is 10.7. The largest absolute Gasteiger partial charge is 0.463 e. The summed E-state index contributed by atoms with van der Waals surface area (Å²) < 4.78 is 5.65. The predicted molar refractivity (Wildman–Crippen MR) is 75.1 cm³/mol. The Bertz CT molecular complexity index is 668. The van der Waals surface area contributed by atoms with Gasteiger partial charge in [-0.2, -0.15) is 5.26 Å². The lowest BCUT2D eigenvalue weighted by Crippen LogP contribution is -2.29. The third-order valence-electron chi connectivity index (χ3n) is 4.25. The highest BCUT2D eigenvalue weighted by atomic mass is 16.4. The number of furan rings is 1. The molecule has 3 heteroatoms. The predicted octanol–water partition coefficient (Wildman–Crippen LogP) is 3.28. The number of aliphatic hydroxyl groups is 1. The fraction of sp³-hybridized carbons (Fsp3) is 0.353. The smallest absolute Gasteiger partial charge is 0.134 e.